The number of Topliss-reactive ketones (excluding diaryl/α,β-unsaturated/α-hetero) is 1. The number of thiophene rings is 1. The van der Waals surface area contributed by atoms with Gasteiger partial charge in [-0.05, 0) is 43.0 Å². The van der Waals surface area contributed by atoms with E-state index >= 15 is 0 Å². The average Bonchev–Trinajstić information content (AvgIpc) is 3.23. The first-order chi connectivity index (χ1) is 13.9. The lowest BCUT2D eigenvalue weighted by atomic mass is 9.72. The minimum atomic E-state index is -1.01. The van der Waals surface area contributed by atoms with Gasteiger partial charge in [0.05, 0.1) is 18.6 Å². The van der Waals surface area contributed by atoms with Gasteiger partial charge in [0.2, 0.25) is 0 Å². The molecule has 0 saturated carbocycles. The van der Waals surface area contributed by atoms with Gasteiger partial charge in [0, 0.05) is 39.7 Å². The molecule has 1 aromatic heterocycles. The number of ketones is 1. The maximum absolute atomic E-state index is 14.7. The summed E-state index contributed by atoms with van der Waals surface area (Å²) in [7, 11) is 1.22. The standard InChI is InChI=1S/C22H19F2NO3S/c1-11-19(22(27)28-2)20(14-10-13(23)5-6-15(14)24)21-16(25-11)8-12(9-17(21)26)18-4-3-7-29-18/h3-7,10,12,20,25H,8-9H2,1-2H3. The quantitative estimate of drug-likeness (QED) is 0.747. The number of allylic oxidation sites excluding steroid dienone is 3. The van der Waals surface area contributed by atoms with Gasteiger partial charge in [-0.1, -0.05) is 6.07 Å². The third-order valence-electron chi connectivity index (χ3n) is 5.45. The van der Waals surface area contributed by atoms with Crippen molar-refractivity contribution in [1.29, 1.82) is 0 Å². The van der Waals surface area contributed by atoms with Crippen molar-refractivity contribution < 1.29 is 23.1 Å². The third-order valence-corrected chi connectivity index (χ3v) is 6.48. The van der Waals surface area contributed by atoms with Gasteiger partial charge in [-0.25, -0.2) is 13.6 Å². The van der Waals surface area contributed by atoms with Gasteiger partial charge in [0.1, 0.15) is 11.6 Å². The molecule has 0 saturated heterocycles. The fourth-order valence-electron chi connectivity index (χ4n) is 4.19. The lowest BCUT2D eigenvalue weighted by molar-refractivity contribution is -0.136. The summed E-state index contributed by atoms with van der Waals surface area (Å²) in [5.41, 5.74) is 1.52. The molecule has 1 aliphatic carbocycles. The summed E-state index contributed by atoms with van der Waals surface area (Å²) in [6.07, 6.45) is 0.808. The highest BCUT2D eigenvalue weighted by Gasteiger charge is 2.42. The molecule has 2 aromatic rings. The summed E-state index contributed by atoms with van der Waals surface area (Å²) in [6.45, 7) is 1.68. The van der Waals surface area contributed by atoms with Gasteiger partial charge >= 0.3 is 5.97 Å². The molecule has 2 unspecified atom stereocenters. The zero-order valence-corrected chi connectivity index (χ0v) is 16.7. The second kappa shape index (κ2) is 7.55. The number of hydrogen-bond donors (Lipinski definition) is 1. The molecule has 7 heteroatoms. The van der Waals surface area contributed by atoms with Crippen LogP contribution in [0.2, 0.25) is 0 Å². The highest BCUT2D eigenvalue weighted by molar-refractivity contribution is 7.10. The van der Waals surface area contributed by atoms with Crippen LogP contribution in [0.1, 0.15) is 42.0 Å². The van der Waals surface area contributed by atoms with E-state index < -0.39 is 23.5 Å². The molecule has 2 atom stereocenters. The van der Waals surface area contributed by atoms with E-state index in [0.29, 0.717) is 23.4 Å². The number of hydrogen-bond acceptors (Lipinski definition) is 5. The number of ether oxygens (including phenoxy) is 1. The largest absolute Gasteiger partial charge is 0.466 e. The van der Waals surface area contributed by atoms with Crippen molar-refractivity contribution in [3.63, 3.8) is 0 Å². The van der Waals surface area contributed by atoms with Gasteiger partial charge in [0.25, 0.3) is 0 Å². The lowest BCUT2D eigenvalue weighted by Crippen LogP contribution is -2.36. The van der Waals surface area contributed by atoms with Crippen LogP contribution in [0, 0.1) is 11.6 Å². The van der Waals surface area contributed by atoms with Crippen molar-refractivity contribution >= 4 is 23.1 Å². The van der Waals surface area contributed by atoms with Crippen LogP contribution >= 0.6 is 11.3 Å². The molecule has 29 heavy (non-hydrogen) atoms. The summed E-state index contributed by atoms with van der Waals surface area (Å²) >= 11 is 1.58. The summed E-state index contributed by atoms with van der Waals surface area (Å²) in [5.74, 6) is -3.16. The Morgan fingerprint density at radius 2 is 2.03 bits per heavy atom. The molecular formula is C22H19F2NO3S. The summed E-state index contributed by atoms with van der Waals surface area (Å²) < 4.78 is 33.6. The minimum Gasteiger partial charge on any atom is -0.466 e. The highest BCUT2D eigenvalue weighted by Crippen LogP contribution is 2.46. The van der Waals surface area contributed by atoms with E-state index in [4.69, 9.17) is 4.74 Å². The van der Waals surface area contributed by atoms with Crippen LogP contribution in [0.5, 0.6) is 0 Å². The Labute approximate surface area is 170 Å². The first-order valence-electron chi connectivity index (χ1n) is 9.21. The van der Waals surface area contributed by atoms with Crippen LogP contribution in [0.15, 0.2) is 58.3 Å². The Hall–Kier alpha value is -2.80. The van der Waals surface area contributed by atoms with Gasteiger partial charge < -0.3 is 10.1 Å². The van der Waals surface area contributed by atoms with E-state index in [-0.39, 0.29) is 29.3 Å². The van der Waals surface area contributed by atoms with Crippen molar-refractivity contribution in [2.75, 3.05) is 7.11 Å². The van der Waals surface area contributed by atoms with Gasteiger partial charge in [0.15, 0.2) is 5.78 Å². The number of methoxy groups -OCH3 is 1. The molecule has 150 valence electrons. The monoisotopic (exact) mass is 415 g/mol. The van der Waals surface area contributed by atoms with E-state index in [1.807, 2.05) is 17.5 Å². The van der Waals surface area contributed by atoms with Gasteiger partial charge in [-0.15, -0.1) is 11.3 Å². The summed E-state index contributed by atoms with van der Waals surface area (Å²) in [5, 5.41) is 5.13. The molecule has 0 amide bonds. The van der Waals surface area contributed by atoms with Crippen molar-refractivity contribution in [1.82, 2.24) is 5.32 Å². The third kappa shape index (κ3) is 3.40. The number of carbonyl (C=O) groups excluding carboxylic acids is 2. The topological polar surface area (TPSA) is 55.4 Å². The first kappa shape index (κ1) is 19.5. The normalized spacial score (nSPS) is 21.7. The number of nitrogens with one attached hydrogen (secondary N) is 1. The van der Waals surface area contributed by atoms with Gasteiger partial charge in [-0.3, -0.25) is 4.79 Å². The van der Waals surface area contributed by atoms with Crippen molar-refractivity contribution in [2.24, 2.45) is 0 Å². The van der Waals surface area contributed by atoms with Crippen molar-refractivity contribution in [3.05, 3.63) is 80.3 Å². The molecule has 4 nitrogen and oxygen atoms in total. The Morgan fingerprint density at radius 3 is 2.72 bits per heavy atom. The number of dihydropyridines is 1. The molecule has 2 heterocycles. The smallest absolute Gasteiger partial charge is 0.336 e. The number of rotatable bonds is 3. The summed E-state index contributed by atoms with van der Waals surface area (Å²) in [6, 6.07) is 7.00. The molecule has 2 aliphatic rings. The average molecular weight is 415 g/mol. The van der Waals surface area contributed by atoms with Gasteiger partial charge in [-0.2, -0.15) is 0 Å². The van der Waals surface area contributed by atoms with E-state index in [9.17, 15) is 18.4 Å². The predicted octanol–water partition coefficient (Wildman–Crippen LogP) is 4.56. The van der Waals surface area contributed by atoms with Crippen LogP contribution in [0.4, 0.5) is 8.78 Å². The maximum atomic E-state index is 14.7. The molecule has 1 aromatic carbocycles. The van der Waals surface area contributed by atoms with Crippen LogP contribution in [0.3, 0.4) is 0 Å². The molecule has 0 bridgehead atoms. The second-order valence-electron chi connectivity index (χ2n) is 7.19. The first-order valence-corrected chi connectivity index (χ1v) is 10.1. The molecule has 1 N–H and O–H groups in total. The van der Waals surface area contributed by atoms with Crippen molar-refractivity contribution in [2.45, 2.75) is 31.6 Å². The maximum Gasteiger partial charge on any atom is 0.336 e. The number of benzene rings is 1. The van der Waals surface area contributed by atoms with E-state index in [0.717, 1.165) is 23.1 Å². The molecule has 0 radical (unpaired) electrons. The minimum absolute atomic E-state index is 0.0132. The van der Waals surface area contributed by atoms with Crippen LogP contribution in [-0.2, 0) is 14.3 Å². The second-order valence-corrected chi connectivity index (χ2v) is 8.17. The van der Waals surface area contributed by atoms with Crippen LogP contribution in [-0.4, -0.2) is 18.9 Å². The Morgan fingerprint density at radius 1 is 1.24 bits per heavy atom. The highest BCUT2D eigenvalue weighted by atomic mass is 32.1. The molecular weight excluding hydrogens is 396 g/mol. The number of halogens is 2. The van der Waals surface area contributed by atoms with E-state index in [1.165, 1.54) is 7.11 Å². The molecule has 1 aliphatic heterocycles. The lowest BCUT2D eigenvalue weighted by Gasteiger charge is -2.36. The fraction of sp³-hybridized carbons (Fsp3) is 0.273. The van der Waals surface area contributed by atoms with E-state index in [1.54, 1.807) is 18.3 Å². The number of esters is 1. The summed E-state index contributed by atoms with van der Waals surface area (Å²) in [4.78, 5) is 26.8. The SMILES string of the molecule is COC(=O)C1=C(C)NC2=C(C(=O)CC(c3cccs3)C2)C1c1cc(F)ccc1F. The van der Waals surface area contributed by atoms with Crippen LogP contribution < -0.4 is 5.32 Å². The molecule has 0 spiro atoms. The van der Waals surface area contributed by atoms with E-state index in [2.05, 4.69) is 5.32 Å². The Bertz CT molecular complexity index is 1060. The molecule has 4 rings (SSSR count). The Balaban J connectivity index is 1.87. The van der Waals surface area contributed by atoms with Crippen LogP contribution in [0.25, 0.3) is 0 Å². The zero-order chi connectivity index (χ0) is 20.7. The predicted molar refractivity (Wildman–Crippen MR) is 105 cm³/mol. The Kier molecular flexibility index (Phi) is 5.08. The fourth-order valence-corrected chi connectivity index (χ4v) is 5.02. The van der Waals surface area contributed by atoms with Crippen molar-refractivity contribution in [3.8, 4) is 0 Å². The number of carbonyl (C=O) groups is 2. The zero-order valence-electron chi connectivity index (χ0n) is 15.9. The molecule has 0 fully saturated rings.